The quantitative estimate of drug-likeness (QED) is 0.664. The van der Waals surface area contributed by atoms with Gasteiger partial charge in [0.05, 0.1) is 31.0 Å². The van der Waals surface area contributed by atoms with Crippen LogP contribution in [0.25, 0.3) is 0 Å². The molecule has 8 heteroatoms. The third kappa shape index (κ3) is 5.09. The third-order valence-electron chi connectivity index (χ3n) is 3.38. The van der Waals surface area contributed by atoms with Gasteiger partial charge in [-0.25, -0.2) is 0 Å². The summed E-state index contributed by atoms with van der Waals surface area (Å²) in [5, 5.41) is 5.73. The second-order valence-corrected chi connectivity index (χ2v) is 6.32. The van der Waals surface area contributed by atoms with Crippen LogP contribution in [0.15, 0.2) is 40.9 Å². The molecule has 0 spiro atoms. The van der Waals surface area contributed by atoms with E-state index in [0.29, 0.717) is 39.6 Å². The van der Waals surface area contributed by atoms with E-state index in [-0.39, 0.29) is 11.0 Å². The first-order chi connectivity index (χ1) is 12.5. The highest BCUT2D eigenvalue weighted by Crippen LogP contribution is 2.29. The van der Waals surface area contributed by atoms with Gasteiger partial charge in [0.15, 0.2) is 5.11 Å². The number of carbonyl (C=O) groups is 1. The number of hydrogen-bond donors (Lipinski definition) is 2. The molecule has 2 N–H and O–H groups in total. The maximum Gasteiger partial charge on any atom is 0.257 e. The van der Waals surface area contributed by atoms with E-state index in [1.807, 2.05) is 6.92 Å². The molecule has 0 heterocycles. The van der Waals surface area contributed by atoms with Crippen LogP contribution in [0.1, 0.15) is 17.3 Å². The van der Waals surface area contributed by atoms with Gasteiger partial charge < -0.3 is 19.5 Å². The first kappa shape index (κ1) is 20.0. The van der Waals surface area contributed by atoms with E-state index in [4.69, 9.17) is 26.4 Å². The number of methoxy groups -OCH3 is 2. The highest BCUT2D eigenvalue weighted by Gasteiger charge is 2.12. The molecule has 0 aliphatic rings. The number of halogens is 1. The van der Waals surface area contributed by atoms with Crippen LogP contribution in [0.2, 0.25) is 0 Å². The van der Waals surface area contributed by atoms with E-state index in [9.17, 15) is 4.79 Å². The monoisotopic (exact) mass is 438 g/mol. The van der Waals surface area contributed by atoms with Gasteiger partial charge in [0, 0.05) is 11.6 Å². The molecule has 26 heavy (non-hydrogen) atoms. The average molecular weight is 439 g/mol. The summed E-state index contributed by atoms with van der Waals surface area (Å²) in [6.45, 7) is 2.44. The minimum absolute atomic E-state index is 0.156. The lowest BCUT2D eigenvalue weighted by Crippen LogP contribution is -2.34. The number of ether oxygens (including phenoxy) is 3. The molecule has 0 aliphatic carbocycles. The lowest BCUT2D eigenvalue weighted by atomic mass is 10.2. The minimum atomic E-state index is -0.335. The summed E-state index contributed by atoms with van der Waals surface area (Å²) in [6.07, 6.45) is 0. The first-order valence-electron chi connectivity index (χ1n) is 7.75. The maximum atomic E-state index is 12.4. The van der Waals surface area contributed by atoms with Gasteiger partial charge in [0.1, 0.15) is 17.2 Å². The summed E-state index contributed by atoms with van der Waals surface area (Å²) in [4.78, 5) is 12.4. The van der Waals surface area contributed by atoms with Gasteiger partial charge in [0.2, 0.25) is 0 Å². The van der Waals surface area contributed by atoms with Crippen LogP contribution in [0, 0.1) is 0 Å². The molecule has 0 radical (unpaired) electrons. The van der Waals surface area contributed by atoms with Gasteiger partial charge in [-0.3, -0.25) is 10.1 Å². The number of anilines is 1. The topological polar surface area (TPSA) is 68.8 Å². The van der Waals surface area contributed by atoms with Gasteiger partial charge in [0.25, 0.3) is 5.91 Å². The van der Waals surface area contributed by atoms with Crippen molar-refractivity contribution in [2.75, 3.05) is 26.1 Å². The van der Waals surface area contributed by atoms with Crippen molar-refractivity contribution in [3.05, 3.63) is 46.4 Å². The number of amides is 1. The molecular weight excluding hydrogens is 420 g/mol. The zero-order chi connectivity index (χ0) is 19.1. The molecule has 2 aromatic rings. The summed E-state index contributed by atoms with van der Waals surface area (Å²) >= 11 is 8.60. The molecule has 2 aromatic carbocycles. The highest BCUT2D eigenvalue weighted by atomic mass is 79.9. The number of hydrogen-bond acceptors (Lipinski definition) is 5. The Hall–Kier alpha value is -2.32. The molecule has 0 atom stereocenters. The number of benzene rings is 2. The molecule has 2 rings (SSSR count). The minimum Gasteiger partial charge on any atom is -0.497 e. The molecule has 0 aromatic heterocycles. The number of thiocarbonyl (C=S) groups is 1. The third-order valence-corrected chi connectivity index (χ3v) is 4.20. The van der Waals surface area contributed by atoms with Gasteiger partial charge in [-0.05, 0) is 65.4 Å². The van der Waals surface area contributed by atoms with E-state index < -0.39 is 0 Å². The molecule has 138 valence electrons. The molecule has 0 fully saturated rings. The van der Waals surface area contributed by atoms with Crippen LogP contribution in [-0.4, -0.2) is 31.8 Å². The second kappa shape index (κ2) is 9.40. The Balaban J connectivity index is 2.06. The summed E-state index contributed by atoms with van der Waals surface area (Å²) < 4.78 is 16.6. The Kier molecular flexibility index (Phi) is 7.23. The van der Waals surface area contributed by atoms with Crippen molar-refractivity contribution in [2.24, 2.45) is 0 Å². The predicted octanol–water partition coefficient (Wildman–Crippen LogP) is 3.99. The Morgan fingerprint density at radius 2 is 1.88 bits per heavy atom. The van der Waals surface area contributed by atoms with Gasteiger partial charge in [-0.15, -0.1) is 0 Å². The van der Waals surface area contributed by atoms with Crippen molar-refractivity contribution in [2.45, 2.75) is 6.92 Å². The van der Waals surface area contributed by atoms with Crippen molar-refractivity contribution in [1.82, 2.24) is 5.32 Å². The van der Waals surface area contributed by atoms with E-state index in [2.05, 4.69) is 26.6 Å². The summed E-state index contributed by atoms with van der Waals surface area (Å²) in [5.41, 5.74) is 1.07. The smallest absolute Gasteiger partial charge is 0.257 e. The Morgan fingerprint density at radius 3 is 2.50 bits per heavy atom. The summed E-state index contributed by atoms with van der Waals surface area (Å²) in [5.74, 6) is 1.54. The highest BCUT2D eigenvalue weighted by molar-refractivity contribution is 9.10. The van der Waals surface area contributed by atoms with Crippen LogP contribution >= 0.6 is 28.1 Å². The number of carbonyl (C=O) groups excluding carboxylic acids is 1. The molecular formula is C18H19BrN2O4S. The predicted molar refractivity (Wildman–Crippen MR) is 109 cm³/mol. The maximum absolute atomic E-state index is 12.4. The van der Waals surface area contributed by atoms with Crippen LogP contribution in [-0.2, 0) is 0 Å². The van der Waals surface area contributed by atoms with Crippen LogP contribution < -0.4 is 24.8 Å². The van der Waals surface area contributed by atoms with Crippen molar-refractivity contribution in [3.8, 4) is 17.2 Å². The van der Waals surface area contributed by atoms with Crippen molar-refractivity contribution >= 4 is 44.9 Å². The molecule has 0 bridgehead atoms. The largest absolute Gasteiger partial charge is 0.497 e. The van der Waals surface area contributed by atoms with E-state index in [1.54, 1.807) is 50.6 Å². The van der Waals surface area contributed by atoms with Crippen molar-refractivity contribution < 1.29 is 19.0 Å². The fraction of sp³-hybridized carbons (Fsp3) is 0.222. The fourth-order valence-electron chi connectivity index (χ4n) is 2.15. The molecule has 0 unspecified atom stereocenters. The molecule has 0 saturated carbocycles. The second-order valence-electron chi connectivity index (χ2n) is 5.05. The molecule has 1 amide bonds. The van der Waals surface area contributed by atoms with Gasteiger partial charge in [-0.1, -0.05) is 0 Å². The average Bonchev–Trinajstić information content (AvgIpc) is 2.63. The van der Waals surface area contributed by atoms with Crippen LogP contribution in [0.5, 0.6) is 17.2 Å². The standard InChI is InChI=1S/C18H19BrN2O4S/c1-4-25-15-8-5-11(9-13(15)19)17(22)21-18(26)20-14-7-6-12(23-2)10-16(14)24-3/h5-10H,4H2,1-3H3,(H2,20,21,22,26). The lowest BCUT2D eigenvalue weighted by molar-refractivity contribution is 0.0977. The van der Waals surface area contributed by atoms with Crippen molar-refractivity contribution in [3.63, 3.8) is 0 Å². The zero-order valence-electron chi connectivity index (χ0n) is 14.6. The van der Waals surface area contributed by atoms with E-state index >= 15 is 0 Å². The number of rotatable bonds is 6. The Morgan fingerprint density at radius 1 is 1.12 bits per heavy atom. The normalized spacial score (nSPS) is 10.0. The van der Waals surface area contributed by atoms with E-state index in [1.165, 1.54) is 0 Å². The lowest BCUT2D eigenvalue weighted by Gasteiger charge is -2.14. The van der Waals surface area contributed by atoms with Gasteiger partial charge in [-0.2, -0.15) is 0 Å². The van der Waals surface area contributed by atoms with Crippen LogP contribution in [0.4, 0.5) is 5.69 Å². The zero-order valence-corrected chi connectivity index (χ0v) is 17.0. The Labute approximate surface area is 166 Å². The Bertz CT molecular complexity index is 814. The fourth-order valence-corrected chi connectivity index (χ4v) is 2.84. The summed E-state index contributed by atoms with van der Waals surface area (Å²) in [6, 6.07) is 10.3. The number of nitrogens with one attached hydrogen (secondary N) is 2. The molecule has 0 saturated heterocycles. The summed E-state index contributed by atoms with van der Waals surface area (Å²) in [7, 11) is 3.11. The van der Waals surface area contributed by atoms with E-state index in [0.717, 1.165) is 0 Å². The van der Waals surface area contributed by atoms with Gasteiger partial charge >= 0.3 is 0 Å². The molecule has 6 nitrogen and oxygen atoms in total. The molecule has 0 aliphatic heterocycles. The van der Waals surface area contributed by atoms with Crippen LogP contribution in [0.3, 0.4) is 0 Å². The van der Waals surface area contributed by atoms with Crippen molar-refractivity contribution in [1.29, 1.82) is 0 Å². The first-order valence-corrected chi connectivity index (χ1v) is 8.95. The SMILES string of the molecule is CCOc1ccc(C(=O)NC(=S)Nc2ccc(OC)cc2OC)cc1Br.